The van der Waals surface area contributed by atoms with Gasteiger partial charge in [0.05, 0.1) is 0 Å². The Bertz CT molecular complexity index is 2240. The third-order valence-electron chi connectivity index (χ3n) is 9.95. The van der Waals surface area contributed by atoms with Crippen LogP contribution < -0.4 is 0 Å². The number of hydrogen-bond donors (Lipinski definition) is 0. The molecule has 0 N–H and O–H groups in total. The van der Waals surface area contributed by atoms with Crippen molar-refractivity contribution >= 4 is 57.0 Å². The van der Waals surface area contributed by atoms with Crippen LogP contribution in [0.3, 0.4) is 0 Å². The molecule has 2 heterocycles. The molecule has 0 bridgehead atoms. The van der Waals surface area contributed by atoms with Crippen LogP contribution in [0.4, 0.5) is 26.3 Å². The Morgan fingerprint density at radius 2 is 0.727 bits per heavy atom. The van der Waals surface area contributed by atoms with Crippen molar-refractivity contribution in [3.8, 4) is 41.8 Å². The summed E-state index contributed by atoms with van der Waals surface area (Å²) in [5.74, 6) is -16.3. The van der Waals surface area contributed by atoms with E-state index in [1.54, 1.807) is 72.8 Å². The van der Waals surface area contributed by atoms with Crippen molar-refractivity contribution in [3.63, 3.8) is 0 Å². The summed E-state index contributed by atoms with van der Waals surface area (Å²) >= 11 is 14.4. The lowest BCUT2D eigenvalue weighted by atomic mass is 9.86. The smallest absolute Gasteiger partial charge is 0.194 e. The Kier molecular flexibility index (Phi) is 9.81. The van der Waals surface area contributed by atoms with Crippen LogP contribution in [0.15, 0.2) is 109 Å². The van der Waals surface area contributed by atoms with Crippen molar-refractivity contribution in [2.24, 2.45) is 0 Å². The van der Waals surface area contributed by atoms with Gasteiger partial charge in [0, 0.05) is 51.8 Å². The Labute approximate surface area is 335 Å². The van der Waals surface area contributed by atoms with E-state index >= 15 is 26.3 Å². The fourth-order valence-corrected chi connectivity index (χ4v) is 9.37. The SMILES string of the molecule is CC(C)(C)c1ccc(-c2sc(-c3ccc(Cl)cc3)cc2C2=C(c3cc(-c4ccc(Cl)cc4)sc3-c3ccc(C(C)(C)C)cc3)C(F)(F)C(F)(F)C2(F)F)cc1. The number of thiophene rings is 2. The number of rotatable bonds is 6. The van der Waals surface area contributed by atoms with Gasteiger partial charge in [-0.2, -0.15) is 26.3 Å². The zero-order chi connectivity index (χ0) is 39.9. The zero-order valence-electron chi connectivity index (χ0n) is 30.7. The molecule has 1 aliphatic carbocycles. The zero-order valence-corrected chi connectivity index (χ0v) is 33.9. The normalized spacial score (nSPS) is 16.5. The molecule has 0 nitrogen and oxygen atoms in total. The van der Waals surface area contributed by atoms with Crippen LogP contribution in [0.2, 0.25) is 10.0 Å². The van der Waals surface area contributed by atoms with E-state index in [1.807, 2.05) is 65.8 Å². The van der Waals surface area contributed by atoms with E-state index in [9.17, 15) is 0 Å². The van der Waals surface area contributed by atoms with E-state index in [4.69, 9.17) is 23.2 Å². The predicted octanol–water partition coefficient (Wildman–Crippen LogP) is 16.2. The summed E-state index contributed by atoms with van der Waals surface area (Å²) in [6.45, 7) is 12.1. The molecule has 4 aromatic carbocycles. The van der Waals surface area contributed by atoms with Gasteiger partial charge in [-0.05, 0) is 80.6 Å². The first kappa shape index (κ1) is 39.4. The van der Waals surface area contributed by atoms with Crippen LogP contribution in [0.25, 0.3) is 52.9 Å². The highest BCUT2D eigenvalue weighted by Crippen LogP contribution is 2.67. The molecule has 0 saturated carbocycles. The molecule has 55 heavy (non-hydrogen) atoms. The van der Waals surface area contributed by atoms with E-state index in [-0.39, 0.29) is 31.7 Å². The van der Waals surface area contributed by atoms with E-state index in [0.29, 0.717) is 42.1 Å². The van der Waals surface area contributed by atoms with Crippen LogP contribution in [0.5, 0.6) is 0 Å². The van der Waals surface area contributed by atoms with Gasteiger partial charge >= 0.3 is 17.8 Å². The van der Waals surface area contributed by atoms with Gasteiger partial charge < -0.3 is 0 Å². The maximum absolute atomic E-state index is 16.7. The summed E-state index contributed by atoms with van der Waals surface area (Å²) in [7, 11) is 0. The molecule has 2 aromatic heterocycles. The summed E-state index contributed by atoms with van der Waals surface area (Å²) in [5, 5.41) is 0.865. The second-order valence-corrected chi connectivity index (χ2v) is 18.8. The third kappa shape index (κ3) is 6.87. The first-order valence-corrected chi connectivity index (χ1v) is 19.9. The van der Waals surface area contributed by atoms with Gasteiger partial charge in [0.1, 0.15) is 0 Å². The molecule has 7 rings (SSSR count). The molecule has 0 spiro atoms. The first-order chi connectivity index (χ1) is 25.6. The van der Waals surface area contributed by atoms with Crippen molar-refractivity contribution in [2.75, 3.05) is 0 Å². The van der Waals surface area contributed by atoms with E-state index in [0.717, 1.165) is 33.8 Å². The third-order valence-corrected chi connectivity index (χ3v) is 12.9. The highest BCUT2D eigenvalue weighted by Gasteiger charge is 2.80. The molecule has 0 radical (unpaired) electrons. The molecule has 10 heteroatoms. The Hall–Kier alpha value is -3.82. The van der Waals surface area contributed by atoms with Crippen LogP contribution in [-0.4, -0.2) is 17.8 Å². The quantitative estimate of drug-likeness (QED) is 0.147. The first-order valence-electron chi connectivity index (χ1n) is 17.5. The fraction of sp³-hybridized carbons (Fsp3) is 0.244. The molecular formula is C45H36Cl2F6S2. The molecule has 1 aliphatic rings. The van der Waals surface area contributed by atoms with Crippen LogP contribution >= 0.6 is 45.9 Å². The van der Waals surface area contributed by atoms with Gasteiger partial charge in [0.15, 0.2) is 0 Å². The number of halogens is 8. The van der Waals surface area contributed by atoms with Gasteiger partial charge in [0.2, 0.25) is 0 Å². The monoisotopic (exact) mass is 824 g/mol. The summed E-state index contributed by atoms with van der Waals surface area (Å²) in [5.41, 5.74) is -0.170. The predicted molar refractivity (Wildman–Crippen MR) is 219 cm³/mol. The Balaban J connectivity index is 1.56. The van der Waals surface area contributed by atoms with Crippen LogP contribution in [0, 0.1) is 0 Å². The highest BCUT2D eigenvalue weighted by molar-refractivity contribution is 7.19. The van der Waals surface area contributed by atoms with Crippen molar-refractivity contribution in [3.05, 3.63) is 141 Å². The standard InChI is InChI=1S/C45H36Cl2F6S2/c1-41(2,3)29-15-7-27(8-16-29)39-33(23-35(54-39)25-11-19-31(46)20-12-25)37-38(44(50,51)45(52,53)43(37,48)49)34-24-36(26-13-21-32(47)22-14-26)55-40(34)28-9-17-30(18-10-28)42(4,5)6/h7-24H,1-6H3. The van der Waals surface area contributed by atoms with E-state index < -0.39 is 28.9 Å². The topological polar surface area (TPSA) is 0 Å². The Morgan fingerprint density at radius 3 is 1.02 bits per heavy atom. The minimum Gasteiger partial charge on any atom is -0.194 e. The van der Waals surface area contributed by atoms with Gasteiger partial charge in [-0.25, -0.2) is 0 Å². The number of benzene rings is 4. The maximum Gasteiger partial charge on any atom is 0.380 e. The lowest BCUT2D eigenvalue weighted by molar-refractivity contribution is -0.254. The van der Waals surface area contributed by atoms with Crippen molar-refractivity contribution in [1.29, 1.82) is 0 Å². The fourth-order valence-electron chi connectivity index (χ4n) is 6.77. The van der Waals surface area contributed by atoms with E-state index in [2.05, 4.69) is 0 Å². The minimum atomic E-state index is -5.75. The van der Waals surface area contributed by atoms with Gasteiger partial charge in [-0.15, -0.1) is 22.7 Å². The van der Waals surface area contributed by atoms with Crippen molar-refractivity contribution in [1.82, 2.24) is 0 Å². The Morgan fingerprint density at radius 1 is 0.436 bits per heavy atom. The number of allylic oxidation sites excluding steroid dienone is 2. The molecule has 0 saturated heterocycles. The molecule has 0 atom stereocenters. The summed E-state index contributed by atoms with van der Waals surface area (Å²) < 4.78 is 98.6. The van der Waals surface area contributed by atoms with Crippen LogP contribution in [0.1, 0.15) is 63.8 Å². The summed E-state index contributed by atoms with van der Waals surface area (Å²) in [4.78, 5) is 1.17. The second-order valence-electron chi connectivity index (χ2n) is 15.8. The highest BCUT2D eigenvalue weighted by atomic mass is 35.5. The second kappa shape index (κ2) is 13.7. The van der Waals surface area contributed by atoms with Crippen molar-refractivity contribution in [2.45, 2.75) is 70.1 Å². The van der Waals surface area contributed by atoms with Gasteiger partial charge in [0.25, 0.3) is 0 Å². The summed E-state index contributed by atoms with van der Waals surface area (Å²) in [6.07, 6.45) is 0. The maximum atomic E-state index is 16.7. The van der Waals surface area contributed by atoms with Gasteiger partial charge in [-0.1, -0.05) is 138 Å². The average molecular weight is 826 g/mol. The lowest BCUT2D eigenvalue weighted by Crippen LogP contribution is -2.48. The number of alkyl halides is 6. The average Bonchev–Trinajstić information content (AvgIpc) is 3.78. The summed E-state index contributed by atoms with van der Waals surface area (Å²) in [6, 6.07) is 30.0. The molecule has 284 valence electrons. The molecule has 6 aromatic rings. The molecule has 0 amide bonds. The minimum absolute atomic E-state index is 0.162. The van der Waals surface area contributed by atoms with Gasteiger partial charge in [-0.3, -0.25) is 0 Å². The largest absolute Gasteiger partial charge is 0.380 e. The number of hydrogen-bond acceptors (Lipinski definition) is 2. The lowest BCUT2D eigenvalue weighted by Gasteiger charge is -2.26. The molecular weight excluding hydrogens is 790 g/mol. The molecule has 0 fully saturated rings. The van der Waals surface area contributed by atoms with E-state index in [1.165, 1.54) is 12.1 Å². The van der Waals surface area contributed by atoms with Crippen LogP contribution in [-0.2, 0) is 10.8 Å². The van der Waals surface area contributed by atoms with Crippen molar-refractivity contribution < 1.29 is 26.3 Å². The molecule has 0 aliphatic heterocycles. The molecule has 0 unspecified atom stereocenters.